The van der Waals surface area contributed by atoms with Crippen molar-refractivity contribution in [2.75, 3.05) is 0 Å². The van der Waals surface area contributed by atoms with Crippen molar-refractivity contribution in [3.05, 3.63) is 33.4 Å². The van der Waals surface area contributed by atoms with Crippen molar-refractivity contribution < 1.29 is 4.55 Å². The summed E-state index contributed by atoms with van der Waals surface area (Å²) in [6.45, 7) is 5.73. The first-order chi connectivity index (χ1) is 6.89. The van der Waals surface area contributed by atoms with Crippen molar-refractivity contribution in [3.63, 3.8) is 0 Å². The molecule has 1 aromatic rings. The SMILES string of the molecule is CC(C)(C)[S+]([O-])/N=C/c1ccc(I)cc1. The molecule has 0 aromatic heterocycles. The summed E-state index contributed by atoms with van der Waals surface area (Å²) >= 11 is 1.07. The summed E-state index contributed by atoms with van der Waals surface area (Å²) in [6, 6.07) is 7.93. The molecule has 0 saturated heterocycles. The fourth-order valence-corrected chi connectivity index (χ4v) is 1.71. The lowest BCUT2D eigenvalue weighted by atomic mass is 10.2. The van der Waals surface area contributed by atoms with Gasteiger partial charge in [0.2, 0.25) is 0 Å². The van der Waals surface area contributed by atoms with Gasteiger partial charge in [-0.3, -0.25) is 0 Å². The third-order valence-electron chi connectivity index (χ3n) is 1.69. The number of hydrogen-bond acceptors (Lipinski definition) is 2. The molecule has 0 bridgehead atoms. The van der Waals surface area contributed by atoms with Gasteiger partial charge in [-0.25, -0.2) is 0 Å². The Kier molecular flexibility index (Phi) is 4.61. The average Bonchev–Trinajstić information content (AvgIpc) is 2.15. The maximum absolute atomic E-state index is 11.6. The van der Waals surface area contributed by atoms with Crippen LogP contribution < -0.4 is 0 Å². The van der Waals surface area contributed by atoms with Gasteiger partial charge >= 0.3 is 0 Å². The van der Waals surface area contributed by atoms with E-state index < -0.39 is 11.4 Å². The van der Waals surface area contributed by atoms with Crippen LogP contribution in [0.15, 0.2) is 28.7 Å². The van der Waals surface area contributed by atoms with E-state index in [0.29, 0.717) is 0 Å². The minimum atomic E-state index is -1.18. The zero-order valence-electron chi connectivity index (χ0n) is 9.03. The molecule has 0 N–H and O–H groups in total. The molecule has 0 fully saturated rings. The predicted octanol–water partition coefficient (Wildman–Crippen LogP) is 3.17. The first-order valence-corrected chi connectivity index (χ1v) is 6.80. The molecule has 0 heterocycles. The van der Waals surface area contributed by atoms with Crippen LogP contribution in [-0.2, 0) is 11.4 Å². The maximum atomic E-state index is 11.6. The Hall–Kier alpha value is -0.0700. The molecule has 0 saturated carbocycles. The van der Waals surface area contributed by atoms with Gasteiger partial charge < -0.3 is 4.55 Å². The van der Waals surface area contributed by atoms with Gasteiger partial charge in [0.05, 0.1) is 6.21 Å². The number of hydrogen-bond donors (Lipinski definition) is 0. The Labute approximate surface area is 108 Å². The van der Waals surface area contributed by atoms with Crippen LogP contribution in [0.3, 0.4) is 0 Å². The summed E-state index contributed by atoms with van der Waals surface area (Å²) in [6.07, 6.45) is 1.66. The molecule has 0 aliphatic heterocycles. The first-order valence-electron chi connectivity index (χ1n) is 4.61. The Morgan fingerprint density at radius 2 is 1.80 bits per heavy atom. The van der Waals surface area contributed by atoms with Crippen LogP contribution in [0.5, 0.6) is 0 Å². The van der Waals surface area contributed by atoms with E-state index in [1.165, 1.54) is 3.57 Å². The van der Waals surface area contributed by atoms with E-state index in [0.717, 1.165) is 5.56 Å². The predicted molar refractivity (Wildman–Crippen MR) is 74.6 cm³/mol. The Morgan fingerprint density at radius 3 is 2.27 bits per heavy atom. The van der Waals surface area contributed by atoms with Crippen LogP contribution in [0.1, 0.15) is 26.3 Å². The lowest BCUT2D eigenvalue weighted by molar-refractivity contribution is 0.562. The van der Waals surface area contributed by atoms with E-state index in [4.69, 9.17) is 0 Å². The van der Waals surface area contributed by atoms with E-state index in [1.807, 2.05) is 45.0 Å². The number of benzene rings is 1. The second kappa shape index (κ2) is 5.32. The van der Waals surface area contributed by atoms with Crippen molar-refractivity contribution in [2.45, 2.75) is 25.5 Å². The second-order valence-electron chi connectivity index (χ2n) is 4.15. The maximum Gasteiger partial charge on any atom is 0.144 e. The molecular weight excluding hydrogens is 321 g/mol. The van der Waals surface area contributed by atoms with Crippen LogP contribution in [0, 0.1) is 3.57 Å². The zero-order chi connectivity index (χ0) is 11.5. The van der Waals surface area contributed by atoms with E-state index in [2.05, 4.69) is 27.0 Å². The molecule has 4 heteroatoms. The number of rotatable bonds is 2. The summed E-state index contributed by atoms with van der Waals surface area (Å²) in [5, 5.41) is 0. The van der Waals surface area contributed by atoms with Gasteiger partial charge in [-0.2, -0.15) is 0 Å². The van der Waals surface area contributed by atoms with Crippen LogP contribution in [0.25, 0.3) is 0 Å². The Morgan fingerprint density at radius 1 is 1.27 bits per heavy atom. The highest BCUT2D eigenvalue weighted by Crippen LogP contribution is 2.16. The molecule has 0 amide bonds. The minimum Gasteiger partial charge on any atom is -0.591 e. The van der Waals surface area contributed by atoms with E-state index in [1.54, 1.807) is 6.21 Å². The van der Waals surface area contributed by atoms with Crippen LogP contribution in [-0.4, -0.2) is 15.5 Å². The highest BCUT2D eigenvalue weighted by Gasteiger charge is 2.25. The summed E-state index contributed by atoms with van der Waals surface area (Å²) in [5.41, 5.74) is 0.980. The normalized spacial score (nSPS) is 14.5. The van der Waals surface area contributed by atoms with Gasteiger partial charge in [0.15, 0.2) is 0 Å². The molecule has 2 nitrogen and oxygen atoms in total. The molecule has 15 heavy (non-hydrogen) atoms. The first kappa shape index (κ1) is 13.0. The van der Waals surface area contributed by atoms with Gasteiger partial charge in [-0.15, -0.1) is 0 Å². The van der Waals surface area contributed by atoms with Gasteiger partial charge in [-0.05, 0) is 61.1 Å². The molecule has 0 aliphatic carbocycles. The third-order valence-corrected chi connectivity index (χ3v) is 3.76. The van der Waals surface area contributed by atoms with Crippen LogP contribution in [0.4, 0.5) is 0 Å². The molecule has 0 spiro atoms. The molecule has 1 rings (SSSR count). The molecule has 1 aromatic carbocycles. The summed E-state index contributed by atoms with van der Waals surface area (Å²) in [4.78, 5) is 0. The summed E-state index contributed by atoms with van der Waals surface area (Å²) in [5.74, 6) is 0. The topological polar surface area (TPSA) is 35.4 Å². The van der Waals surface area contributed by atoms with Crippen molar-refractivity contribution >= 4 is 40.2 Å². The average molecular weight is 335 g/mol. The van der Waals surface area contributed by atoms with Gasteiger partial charge in [0.1, 0.15) is 16.1 Å². The summed E-state index contributed by atoms with van der Waals surface area (Å²) < 4.78 is 16.5. The minimum absolute atomic E-state index is 0.292. The summed E-state index contributed by atoms with van der Waals surface area (Å²) in [7, 11) is 0. The molecule has 1 unspecified atom stereocenters. The largest absolute Gasteiger partial charge is 0.591 e. The zero-order valence-corrected chi connectivity index (χ0v) is 12.0. The highest BCUT2D eigenvalue weighted by atomic mass is 127. The van der Waals surface area contributed by atoms with E-state index in [9.17, 15) is 4.55 Å². The van der Waals surface area contributed by atoms with Gasteiger partial charge in [0, 0.05) is 3.57 Å². The van der Waals surface area contributed by atoms with Crippen LogP contribution >= 0.6 is 22.6 Å². The highest BCUT2D eigenvalue weighted by molar-refractivity contribution is 14.1. The Bertz CT molecular complexity index is 343. The smallest absolute Gasteiger partial charge is 0.144 e. The third kappa shape index (κ3) is 4.53. The monoisotopic (exact) mass is 335 g/mol. The van der Waals surface area contributed by atoms with Crippen LogP contribution in [0.2, 0.25) is 0 Å². The quantitative estimate of drug-likeness (QED) is 0.464. The van der Waals surface area contributed by atoms with E-state index in [-0.39, 0.29) is 4.75 Å². The Balaban J connectivity index is 2.70. The fourth-order valence-electron chi connectivity index (χ4n) is 0.816. The lowest BCUT2D eigenvalue weighted by Gasteiger charge is -2.17. The van der Waals surface area contributed by atoms with Crippen molar-refractivity contribution in [3.8, 4) is 0 Å². The van der Waals surface area contributed by atoms with E-state index >= 15 is 0 Å². The van der Waals surface area contributed by atoms with Crippen molar-refractivity contribution in [1.29, 1.82) is 0 Å². The fraction of sp³-hybridized carbons (Fsp3) is 0.364. The molecule has 82 valence electrons. The molecule has 0 radical (unpaired) electrons. The van der Waals surface area contributed by atoms with Gasteiger partial charge in [0.25, 0.3) is 0 Å². The lowest BCUT2D eigenvalue weighted by Crippen LogP contribution is -2.25. The van der Waals surface area contributed by atoms with Crippen molar-refractivity contribution in [2.24, 2.45) is 4.40 Å². The second-order valence-corrected chi connectivity index (χ2v) is 7.33. The molecule has 1 atom stereocenters. The molecular formula is C11H14INOS. The van der Waals surface area contributed by atoms with Crippen molar-refractivity contribution in [1.82, 2.24) is 0 Å². The van der Waals surface area contributed by atoms with Gasteiger partial charge in [-0.1, -0.05) is 16.5 Å². The number of halogens is 1. The number of nitrogens with zero attached hydrogens (tertiary/aromatic N) is 1. The molecule has 0 aliphatic rings. The standard InChI is InChI=1S/C11H14INOS/c1-11(2,3)15(14)13-8-9-4-6-10(12)7-5-9/h4-8H,1-3H3/b13-8+.